The van der Waals surface area contributed by atoms with Crippen molar-refractivity contribution in [1.82, 2.24) is 10.3 Å². The summed E-state index contributed by atoms with van der Waals surface area (Å²) in [7, 11) is 0. The van der Waals surface area contributed by atoms with Crippen molar-refractivity contribution in [2.24, 2.45) is 0 Å². The Morgan fingerprint density at radius 3 is 3.09 bits per heavy atom. The van der Waals surface area contributed by atoms with E-state index in [2.05, 4.69) is 34.6 Å². The van der Waals surface area contributed by atoms with E-state index in [0.29, 0.717) is 0 Å². The van der Waals surface area contributed by atoms with Crippen molar-refractivity contribution in [3.63, 3.8) is 0 Å². The molecule has 0 spiro atoms. The first kappa shape index (κ1) is 14.7. The fraction of sp³-hybridized carbons (Fsp3) is 0.421. The Morgan fingerprint density at radius 2 is 2.22 bits per heavy atom. The second-order valence-electron chi connectivity index (χ2n) is 6.45. The average Bonchev–Trinajstić information content (AvgIpc) is 3.06. The summed E-state index contributed by atoms with van der Waals surface area (Å²) < 4.78 is 5.78. The number of nitrogen functional groups attached to an aromatic ring is 1. The predicted molar refractivity (Wildman–Crippen MR) is 92.4 cm³/mol. The normalized spacial score (nSPS) is 20.4. The van der Waals surface area contributed by atoms with E-state index < -0.39 is 0 Å². The lowest BCUT2D eigenvalue weighted by atomic mass is 9.97. The van der Waals surface area contributed by atoms with Crippen LogP contribution < -0.4 is 11.1 Å². The van der Waals surface area contributed by atoms with Crippen LogP contribution in [0.25, 0.3) is 11.1 Å². The van der Waals surface area contributed by atoms with Crippen LogP contribution in [0, 0.1) is 0 Å². The molecule has 2 aromatic rings. The summed E-state index contributed by atoms with van der Waals surface area (Å²) in [6.07, 6.45) is 6.42. The smallest absolute Gasteiger partial charge is 0.0755 e. The molecule has 120 valence electrons. The first-order valence-corrected chi connectivity index (χ1v) is 8.49. The predicted octanol–water partition coefficient (Wildman–Crippen LogP) is 2.35. The largest absolute Gasteiger partial charge is 0.398 e. The summed E-state index contributed by atoms with van der Waals surface area (Å²) in [5, 5.41) is 3.37. The molecule has 4 nitrogen and oxygen atoms in total. The Morgan fingerprint density at radius 1 is 1.26 bits per heavy atom. The third kappa shape index (κ3) is 2.96. The average molecular weight is 309 g/mol. The number of rotatable bonds is 3. The molecule has 2 aliphatic rings. The molecule has 0 bridgehead atoms. The lowest BCUT2D eigenvalue weighted by molar-refractivity contribution is 0.0287. The molecule has 1 aromatic carbocycles. The van der Waals surface area contributed by atoms with E-state index in [1.807, 2.05) is 6.20 Å². The van der Waals surface area contributed by atoms with Gasteiger partial charge >= 0.3 is 0 Å². The lowest BCUT2D eigenvalue weighted by Crippen LogP contribution is -2.39. The van der Waals surface area contributed by atoms with Crippen molar-refractivity contribution >= 4 is 5.69 Å². The molecule has 1 saturated heterocycles. The van der Waals surface area contributed by atoms with Crippen molar-refractivity contribution in [3.8, 4) is 11.1 Å². The van der Waals surface area contributed by atoms with Crippen molar-refractivity contribution in [3.05, 3.63) is 47.3 Å². The van der Waals surface area contributed by atoms with Crippen LogP contribution in [-0.2, 0) is 24.0 Å². The molecular formula is C19H23N3O. The molecule has 0 radical (unpaired) electrons. The number of ether oxygens (including phenoxy) is 1. The van der Waals surface area contributed by atoms with E-state index in [4.69, 9.17) is 10.5 Å². The number of benzene rings is 1. The molecule has 4 rings (SSSR count). The van der Waals surface area contributed by atoms with Gasteiger partial charge in [-0.05, 0) is 48.1 Å². The summed E-state index contributed by atoms with van der Waals surface area (Å²) in [4.78, 5) is 4.51. The molecular weight excluding hydrogens is 286 g/mol. The van der Waals surface area contributed by atoms with E-state index in [9.17, 15) is 0 Å². The first-order valence-electron chi connectivity index (χ1n) is 8.49. The zero-order valence-electron chi connectivity index (χ0n) is 13.3. The summed E-state index contributed by atoms with van der Waals surface area (Å²) >= 11 is 0. The van der Waals surface area contributed by atoms with E-state index in [1.165, 1.54) is 17.5 Å². The minimum absolute atomic E-state index is 0.212. The Bertz CT molecular complexity index is 708. The minimum Gasteiger partial charge on any atom is -0.398 e. The van der Waals surface area contributed by atoms with Crippen LogP contribution in [0.3, 0.4) is 0 Å². The van der Waals surface area contributed by atoms with Gasteiger partial charge in [-0.3, -0.25) is 4.98 Å². The molecule has 3 N–H and O–H groups in total. The monoisotopic (exact) mass is 309 g/mol. The summed E-state index contributed by atoms with van der Waals surface area (Å²) in [5.41, 5.74) is 13.5. The van der Waals surface area contributed by atoms with Gasteiger partial charge < -0.3 is 15.8 Å². The number of nitrogens with zero attached hydrogens (tertiary/aromatic N) is 1. The van der Waals surface area contributed by atoms with Crippen molar-refractivity contribution in [1.29, 1.82) is 0 Å². The van der Waals surface area contributed by atoms with Crippen LogP contribution in [0.15, 0.2) is 30.5 Å². The molecule has 1 aromatic heterocycles. The summed E-state index contributed by atoms with van der Waals surface area (Å²) in [6, 6.07) is 8.61. The quantitative estimate of drug-likeness (QED) is 0.855. The molecule has 4 heteroatoms. The highest BCUT2D eigenvalue weighted by molar-refractivity contribution is 5.80. The van der Waals surface area contributed by atoms with E-state index >= 15 is 0 Å². The number of hydrogen-bond acceptors (Lipinski definition) is 4. The molecule has 1 unspecified atom stereocenters. The van der Waals surface area contributed by atoms with Gasteiger partial charge in [0.25, 0.3) is 0 Å². The maximum absolute atomic E-state index is 6.45. The molecule has 23 heavy (non-hydrogen) atoms. The number of aryl methyl sites for hydroxylation is 1. The second-order valence-corrected chi connectivity index (χ2v) is 6.45. The number of morpholine rings is 1. The van der Waals surface area contributed by atoms with Gasteiger partial charge in [-0.15, -0.1) is 0 Å². The summed E-state index contributed by atoms with van der Waals surface area (Å²) in [5.74, 6) is 0. The first-order chi connectivity index (χ1) is 11.3. The highest BCUT2D eigenvalue weighted by Crippen LogP contribution is 2.35. The molecule has 1 aliphatic carbocycles. The molecule has 1 aliphatic heterocycles. The van der Waals surface area contributed by atoms with Gasteiger partial charge in [0.2, 0.25) is 0 Å². The number of anilines is 1. The highest BCUT2D eigenvalue weighted by Gasteiger charge is 2.18. The number of nitrogens with one attached hydrogen (secondary N) is 1. The van der Waals surface area contributed by atoms with Crippen LogP contribution in [0.5, 0.6) is 0 Å². The van der Waals surface area contributed by atoms with Gasteiger partial charge in [-0.2, -0.15) is 0 Å². The maximum atomic E-state index is 6.45. The topological polar surface area (TPSA) is 60.2 Å². The van der Waals surface area contributed by atoms with Crippen LogP contribution >= 0.6 is 0 Å². The second kappa shape index (κ2) is 6.30. The van der Waals surface area contributed by atoms with Gasteiger partial charge in [0.05, 0.1) is 12.7 Å². The van der Waals surface area contributed by atoms with Crippen LogP contribution in [0.4, 0.5) is 5.69 Å². The van der Waals surface area contributed by atoms with Gasteiger partial charge in [0.15, 0.2) is 0 Å². The Kier molecular flexibility index (Phi) is 4.02. The number of pyridine rings is 1. The zero-order valence-corrected chi connectivity index (χ0v) is 13.3. The van der Waals surface area contributed by atoms with Gasteiger partial charge in [0, 0.05) is 42.7 Å². The lowest BCUT2D eigenvalue weighted by Gasteiger charge is -2.23. The zero-order chi connectivity index (χ0) is 15.6. The highest BCUT2D eigenvalue weighted by atomic mass is 16.5. The molecule has 0 amide bonds. The molecule has 2 heterocycles. The van der Waals surface area contributed by atoms with Gasteiger partial charge in [-0.25, -0.2) is 0 Å². The number of hydrogen-bond donors (Lipinski definition) is 2. The van der Waals surface area contributed by atoms with Crippen LogP contribution in [-0.4, -0.2) is 30.8 Å². The third-order valence-electron chi connectivity index (χ3n) is 4.90. The van der Waals surface area contributed by atoms with Crippen molar-refractivity contribution in [2.75, 3.05) is 25.4 Å². The van der Waals surface area contributed by atoms with E-state index in [1.54, 1.807) is 0 Å². The van der Waals surface area contributed by atoms with Crippen LogP contribution in [0.1, 0.15) is 23.2 Å². The Balaban J connectivity index is 1.61. The fourth-order valence-electron chi connectivity index (χ4n) is 3.69. The Hall–Kier alpha value is -1.91. The van der Waals surface area contributed by atoms with Crippen molar-refractivity contribution < 1.29 is 4.74 Å². The standard InChI is InChI=1S/C19H23N3O/c20-19-17-3-1-2-13(17)4-5-18(19)14-6-7-22-15(10-14)11-16-12-21-8-9-23-16/h4-7,10,16,21H,1-3,8-9,11-12,20H2. The van der Waals surface area contributed by atoms with E-state index in [0.717, 1.165) is 61.5 Å². The maximum Gasteiger partial charge on any atom is 0.0755 e. The molecule has 1 fully saturated rings. The third-order valence-corrected chi connectivity index (χ3v) is 4.90. The van der Waals surface area contributed by atoms with Gasteiger partial charge in [0.1, 0.15) is 0 Å². The summed E-state index contributed by atoms with van der Waals surface area (Å²) in [6.45, 7) is 2.62. The SMILES string of the molecule is Nc1c(-c2ccnc(CC3CNCCO3)c2)ccc2c1CCC2. The van der Waals surface area contributed by atoms with Gasteiger partial charge in [-0.1, -0.05) is 12.1 Å². The van der Waals surface area contributed by atoms with Crippen LogP contribution in [0.2, 0.25) is 0 Å². The fourth-order valence-corrected chi connectivity index (χ4v) is 3.69. The van der Waals surface area contributed by atoms with E-state index in [-0.39, 0.29) is 6.10 Å². The number of fused-ring (bicyclic) bond motifs is 1. The molecule has 1 atom stereocenters. The number of nitrogens with two attached hydrogens (primary N) is 1. The minimum atomic E-state index is 0.212. The van der Waals surface area contributed by atoms with Crippen molar-refractivity contribution in [2.45, 2.75) is 31.8 Å². The Labute approximate surface area is 137 Å². The molecule has 0 saturated carbocycles. The number of aromatic nitrogens is 1.